The maximum absolute atomic E-state index is 9.85. The number of hydrogen-bond donors (Lipinski definition) is 3. The van der Waals surface area contributed by atoms with Crippen LogP contribution in [-0.2, 0) is 4.79 Å². The van der Waals surface area contributed by atoms with Crippen molar-refractivity contribution in [3.8, 4) is 0 Å². The van der Waals surface area contributed by atoms with Gasteiger partial charge in [0, 0.05) is 0 Å². The van der Waals surface area contributed by atoms with Gasteiger partial charge in [-0.05, 0) is 0 Å². The van der Waals surface area contributed by atoms with Gasteiger partial charge in [0.05, 0.1) is 12.0 Å². The smallest absolute Gasteiger partial charge is 0.334 e. The van der Waals surface area contributed by atoms with E-state index < -0.39 is 24.1 Å². The minimum Gasteiger partial charge on any atom is -0.479 e. The summed E-state index contributed by atoms with van der Waals surface area (Å²) in [7, 11) is 0. The minimum atomic E-state index is -1.68. The third kappa shape index (κ3) is 2.64. The second-order valence-corrected chi connectivity index (χ2v) is 2.04. The zero-order chi connectivity index (χ0) is 7.44. The maximum Gasteiger partial charge on any atom is 0.334 e. The van der Waals surface area contributed by atoms with Crippen LogP contribution < -0.4 is 0 Å². The molecule has 0 unspecified atom stereocenters. The summed E-state index contributed by atoms with van der Waals surface area (Å²) in [5.41, 5.74) is 0. The zero-order valence-electron chi connectivity index (χ0n) is 4.49. The molecule has 4 nitrogen and oxygen atoms in total. The highest BCUT2D eigenvalue weighted by Crippen LogP contribution is 2.00. The lowest BCUT2D eigenvalue weighted by Crippen LogP contribution is -2.32. The average Bonchev–Trinajstić information content (AvgIpc) is 1.84. The van der Waals surface area contributed by atoms with Gasteiger partial charge < -0.3 is 15.3 Å². The maximum atomic E-state index is 9.85. The van der Waals surface area contributed by atoms with Crippen molar-refractivity contribution in [1.82, 2.24) is 0 Å². The third-order valence-corrected chi connectivity index (χ3v) is 1.15. The SMILES string of the molecule is O=C(O)[C@@H](O)[C@H](Cl)CO. The molecule has 0 aromatic carbocycles. The van der Waals surface area contributed by atoms with E-state index in [1.165, 1.54) is 0 Å². The van der Waals surface area contributed by atoms with Crippen LogP contribution in [0.3, 0.4) is 0 Å². The first-order valence-electron chi connectivity index (χ1n) is 2.25. The van der Waals surface area contributed by atoms with E-state index in [0.29, 0.717) is 0 Å². The number of carbonyl (C=O) groups is 1. The Morgan fingerprint density at radius 1 is 1.67 bits per heavy atom. The van der Waals surface area contributed by atoms with Crippen molar-refractivity contribution >= 4 is 17.6 Å². The fourth-order valence-corrected chi connectivity index (χ4v) is 0.362. The van der Waals surface area contributed by atoms with E-state index in [9.17, 15) is 4.79 Å². The Hall–Kier alpha value is -0.320. The van der Waals surface area contributed by atoms with Gasteiger partial charge in [0.25, 0.3) is 0 Å². The number of carboxylic acids is 1. The first kappa shape index (κ1) is 8.68. The molecule has 0 aliphatic rings. The number of carboxylic acid groups (broad SMARTS) is 1. The van der Waals surface area contributed by atoms with Crippen molar-refractivity contribution in [3.05, 3.63) is 0 Å². The summed E-state index contributed by atoms with van der Waals surface area (Å²) in [4.78, 5) is 9.85. The van der Waals surface area contributed by atoms with E-state index in [2.05, 4.69) is 0 Å². The predicted octanol–water partition coefficient (Wildman–Crippen LogP) is -0.968. The highest BCUT2D eigenvalue weighted by atomic mass is 35.5. The monoisotopic (exact) mass is 154 g/mol. The Bertz CT molecular complexity index is 105. The van der Waals surface area contributed by atoms with Gasteiger partial charge in [0.1, 0.15) is 0 Å². The van der Waals surface area contributed by atoms with Gasteiger partial charge >= 0.3 is 5.97 Å². The molecule has 0 heterocycles. The van der Waals surface area contributed by atoms with Gasteiger partial charge in [0.15, 0.2) is 6.10 Å². The fraction of sp³-hybridized carbons (Fsp3) is 0.750. The molecule has 0 bridgehead atoms. The molecular formula is C4H7ClO4. The molecule has 0 aromatic rings. The van der Waals surface area contributed by atoms with Gasteiger partial charge in [-0.25, -0.2) is 4.79 Å². The minimum absolute atomic E-state index is 0.547. The Labute approximate surface area is 56.7 Å². The van der Waals surface area contributed by atoms with Gasteiger partial charge in [-0.15, -0.1) is 11.6 Å². The van der Waals surface area contributed by atoms with Gasteiger partial charge in [-0.1, -0.05) is 0 Å². The summed E-state index contributed by atoms with van der Waals surface area (Å²) >= 11 is 5.13. The van der Waals surface area contributed by atoms with Crippen molar-refractivity contribution in [1.29, 1.82) is 0 Å². The lowest BCUT2D eigenvalue weighted by atomic mass is 10.3. The molecule has 0 aliphatic heterocycles. The second kappa shape index (κ2) is 3.66. The van der Waals surface area contributed by atoms with Crippen LogP contribution in [0.15, 0.2) is 0 Å². The second-order valence-electron chi connectivity index (χ2n) is 1.48. The molecule has 0 aromatic heterocycles. The van der Waals surface area contributed by atoms with E-state index >= 15 is 0 Å². The van der Waals surface area contributed by atoms with Crippen molar-refractivity contribution < 1.29 is 20.1 Å². The van der Waals surface area contributed by atoms with Crippen molar-refractivity contribution in [2.75, 3.05) is 6.61 Å². The van der Waals surface area contributed by atoms with Crippen LogP contribution in [0, 0.1) is 0 Å². The number of hydrogen-bond acceptors (Lipinski definition) is 3. The van der Waals surface area contributed by atoms with Gasteiger partial charge in [-0.3, -0.25) is 0 Å². The van der Waals surface area contributed by atoms with Crippen LogP contribution in [0.1, 0.15) is 0 Å². The largest absolute Gasteiger partial charge is 0.479 e. The van der Waals surface area contributed by atoms with Crippen LogP contribution in [0.5, 0.6) is 0 Å². The molecule has 9 heavy (non-hydrogen) atoms. The van der Waals surface area contributed by atoms with Crippen molar-refractivity contribution in [3.63, 3.8) is 0 Å². The number of aliphatic hydroxyl groups excluding tert-OH is 2. The number of alkyl halides is 1. The standard InChI is InChI=1S/C4H7ClO4/c5-2(1-6)3(7)4(8)9/h2-3,6-7H,1H2,(H,8,9)/t2-,3+/m1/s1. The lowest BCUT2D eigenvalue weighted by molar-refractivity contribution is -0.147. The van der Waals surface area contributed by atoms with Crippen LogP contribution >= 0.6 is 11.6 Å². The van der Waals surface area contributed by atoms with E-state index in [1.807, 2.05) is 0 Å². The molecule has 0 fully saturated rings. The van der Waals surface area contributed by atoms with Crippen LogP contribution in [0.2, 0.25) is 0 Å². The average molecular weight is 155 g/mol. The molecule has 0 spiro atoms. The lowest BCUT2D eigenvalue weighted by Gasteiger charge is -2.07. The van der Waals surface area contributed by atoms with Crippen LogP contribution in [0.25, 0.3) is 0 Å². The first-order chi connectivity index (χ1) is 4.09. The molecule has 0 aliphatic carbocycles. The highest BCUT2D eigenvalue weighted by molar-refractivity contribution is 6.22. The molecule has 0 radical (unpaired) electrons. The third-order valence-electron chi connectivity index (χ3n) is 0.770. The summed E-state index contributed by atoms with van der Waals surface area (Å²) in [6.07, 6.45) is -1.68. The van der Waals surface area contributed by atoms with Crippen molar-refractivity contribution in [2.45, 2.75) is 11.5 Å². The zero-order valence-corrected chi connectivity index (χ0v) is 5.25. The van der Waals surface area contributed by atoms with E-state index in [0.717, 1.165) is 0 Å². The van der Waals surface area contributed by atoms with Gasteiger partial charge in [0.2, 0.25) is 0 Å². The Balaban J connectivity index is 3.72. The molecule has 2 atom stereocenters. The van der Waals surface area contributed by atoms with Crippen LogP contribution in [0.4, 0.5) is 0 Å². The quantitative estimate of drug-likeness (QED) is 0.457. The molecule has 3 N–H and O–H groups in total. The number of halogens is 1. The number of aliphatic hydroxyl groups is 2. The van der Waals surface area contributed by atoms with Crippen LogP contribution in [-0.4, -0.2) is 39.4 Å². The normalized spacial score (nSPS) is 16.8. The first-order valence-corrected chi connectivity index (χ1v) is 2.69. The Morgan fingerprint density at radius 3 is 2.22 bits per heavy atom. The summed E-state index contributed by atoms with van der Waals surface area (Å²) in [5, 5.41) is 23.6. The number of rotatable bonds is 3. The highest BCUT2D eigenvalue weighted by Gasteiger charge is 2.22. The predicted molar refractivity (Wildman–Crippen MR) is 30.4 cm³/mol. The molecule has 0 saturated heterocycles. The Kier molecular flexibility index (Phi) is 3.53. The summed E-state index contributed by atoms with van der Waals surface area (Å²) < 4.78 is 0. The molecule has 0 amide bonds. The summed E-state index contributed by atoms with van der Waals surface area (Å²) in [6.45, 7) is -0.547. The van der Waals surface area contributed by atoms with Crippen molar-refractivity contribution in [2.24, 2.45) is 0 Å². The van der Waals surface area contributed by atoms with E-state index in [-0.39, 0.29) is 0 Å². The molecule has 54 valence electrons. The number of aliphatic carboxylic acids is 1. The topological polar surface area (TPSA) is 77.8 Å². The van der Waals surface area contributed by atoms with Gasteiger partial charge in [-0.2, -0.15) is 0 Å². The van der Waals surface area contributed by atoms with E-state index in [1.54, 1.807) is 0 Å². The fourth-order valence-electron chi connectivity index (χ4n) is 0.255. The molecular weight excluding hydrogens is 147 g/mol. The Morgan fingerprint density at radius 2 is 2.11 bits per heavy atom. The summed E-state index contributed by atoms with van der Waals surface area (Å²) in [6, 6.07) is 0. The summed E-state index contributed by atoms with van der Waals surface area (Å²) in [5.74, 6) is -1.43. The molecule has 5 heteroatoms. The molecule has 0 rings (SSSR count). The molecule has 0 saturated carbocycles. The van der Waals surface area contributed by atoms with E-state index in [4.69, 9.17) is 26.9 Å².